The summed E-state index contributed by atoms with van der Waals surface area (Å²) >= 11 is 0. The molecule has 1 unspecified atom stereocenters. The van der Waals surface area contributed by atoms with E-state index in [1.165, 1.54) is 25.8 Å². The minimum Gasteiger partial charge on any atom is -0.314 e. The van der Waals surface area contributed by atoms with Gasteiger partial charge in [0.05, 0.1) is 0 Å². The van der Waals surface area contributed by atoms with Gasteiger partial charge in [-0.1, -0.05) is 33.6 Å². The normalized spacial score (nSPS) is 16.4. The van der Waals surface area contributed by atoms with Crippen molar-refractivity contribution in [2.45, 2.75) is 53.0 Å². The molecule has 1 nitrogen and oxygen atoms in total. The second kappa shape index (κ2) is 6.66. The third-order valence-electron chi connectivity index (χ3n) is 2.23. The molecule has 0 spiro atoms. The Morgan fingerprint density at radius 1 is 1.18 bits per heavy atom. The lowest BCUT2D eigenvalue weighted by Gasteiger charge is -2.15. The van der Waals surface area contributed by atoms with Crippen LogP contribution in [0.3, 0.4) is 0 Å². The summed E-state index contributed by atoms with van der Waals surface area (Å²) in [5.74, 6) is 0.828. The molecule has 1 heteroatoms. The molecule has 0 aromatic heterocycles. The summed E-state index contributed by atoms with van der Waals surface area (Å²) in [6.07, 6.45) is 3.87. The Balaban J connectivity index is 3.22. The maximum absolute atomic E-state index is 3.53. The lowest BCUT2D eigenvalue weighted by Crippen LogP contribution is -2.29. The summed E-state index contributed by atoms with van der Waals surface area (Å²) in [7, 11) is 0. The Morgan fingerprint density at radius 3 is 2.27 bits per heavy atom. The first kappa shape index (κ1) is 11.0. The average molecular weight is 157 g/mol. The monoisotopic (exact) mass is 157 g/mol. The molecule has 0 aliphatic rings. The fraction of sp³-hybridized carbons (Fsp3) is 1.00. The van der Waals surface area contributed by atoms with Gasteiger partial charge in [-0.25, -0.2) is 0 Å². The molecule has 0 aliphatic heterocycles. The van der Waals surface area contributed by atoms with Crippen molar-refractivity contribution in [2.75, 3.05) is 6.54 Å². The van der Waals surface area contributed by atoms with E-state index in [0.29, 0.717) is 6.04 Å². The smallest absolute Gasteiger partial charge is 0.00387 e. The molecule has 2 atom stereocenters. The maximum Gasteiger partial charge on any atom is 0.00387 e. The van der Waals surface area contributed by atoms with E-state index in [1.807, 2.05) is 0 Å². The van der Waals surface area contributed by atoms with Crippen molar-refractivity contribution < 1.29 is 0 Å². The van der Waals surface area contributed by atoms with Gasteiger partial charge < -0.3 is 5.32 Å². The molecule has 0 aliphatic carbocycles. The Labute approximate surface area is 71.6 Å². The molecule has 0 aromatic carbocycles. The highest BCUT2D eigenvalue weighted by molar-refractivity contribution is 4.61. The van der Waals surface area contributed by atoms with Gasteiger partial charge in [-0.3, -0.25) is 0 Å². The fourth-order valence-electron chi connectivity index (χ4n) is 1.08. The molecular formula is C10H23N. The van der Waals surface area contributed by atoms with E-state index >= 15 is 0 Å². The summed E-state index contributed by atoms with van der Waals surface area (Å²) < 4.78 is 0. The van der Waals surface area contributed by atoms with Gasteiger partial charge in [0.15, 0.2) is 0 Å². The van der Waals surface area contributed by atoms with Crippen LogP contribution < -0.4 is 5.32 Å². The quantitative estimate of drug-likeness (QED) is 0.625. The van der Waals surface area contributed by atoms with Gasteiger partial charge in [0.25, 0.3) is 0 Å². The van der Waals surface area contributed by atoms with Crippen LogP contribution in [0.1, 0.15) is 47.0 Å². The van der Waals surface area contributed by atoms with Gasteiger partial charge in [-0.05, 0) is 25.8 Å². The van der Waals surface area contributed by atoms with E-state index in [9.17, 15) is 0 Å². The molecule has 0 fully saturated rings. The molecule has 0 bridgehead atoms. The van der Waals surface area contributed by atoms with Crippen LogP contribution in [-0.4, -0.2) is 12.6 Å². The van der Waals surface area contributed by atoms with Crippen molar-refractivity contribution in [1.82, 2.24) is 5.32 Å². The van der Waals surface area contributed by atoms with Crippen LogP contribution in [0, 0.1) is 5.92 Å². The van der Waals surface area contributed by atoms with Gasteiger partial charge in [0.1, 0.15) is 0 Å². The zero-order chi connectivity index (χ0) is 8.69. The highest BCUT2D eigenvalue weighted by atomic mass is 14.9. The van der Waals surface area contributed by atoms with Crippen LogP contribution in [0.4, 0.5) is 0 Å². The summed E-state index contributed by atoms with van der Waals surface area (Å²) in [6, 6.07) is 0.703. The second-order valence-electron chi connectivity index (χ2n) is 3.61. The first-order valence-electron chi connectivity index (χ1n) is 4.94. The summed E-state index contributed by atoms with van der Waals surface area (Å²) in [5.41, 5.74) is 0. The van der Waals surface area contributed by atoms with Crippen molar-refractivity contribution in [3.63, 3.8) is 0 Å². The Kier molecular flexibility index (Phi) is 6.63. The molecule has 11 heavy (non-hydrogen) atoms. The van der Waals surface area contributed by atoms with E-state index in [-0.39, 0.29) is 0 Å². The Bertz CT molecular complexity index is 80.9. The average Bonchev–Trinajstić information content (AvgIpc) is 2.01. The zero-order valence-electron chi connectivity index (χ0n) is 8.48. The van der Waals surface area contributed by atoms with Gasteiger partial charge >= 0.3 is 0 Å². The predicted octanol–water partition coefficient (Wildman–Crippen LogP) is 2.81. The Morgan fingerprint density at radius 2 is 1.82 bits per heavy atom. The van der Waals surface area contributed by atoms with Crippen molar-refractivity contribution in [2.24, 2.45) is 5.92 Å². The number of nitrogens with one attached hydrogen (secondary N) is 1. The number of hydrogen-bond donors (Lipinski definition) is 1. The van der Waals surface area contributed by atoms with E-state index < -0.39 is 0 Å². The number of hydrogen-bond acceptors (Lipinski definition) is 1. The number of rotatable bonds is 6. The molecule has 0 heterocycles. The third-order valence-corrected chi connectivity index (χ3v) is 2.23. The lowest BCUT2D eigenvalue weighted by molar-refractivity contribution is 0.436. The second-order valence-corrected chi connectivity index (χ2v) is 3.61. The first-order valence-corrected chi connectivity index (χ1v) is 4.94. The molecule has 0 amide bonds. The van der Waals surface area contributed by atoms with E-state index in [2.05, 4.69) is 33.0 Å². The van der Waals surface area contributed by atoms with Crippen molar-refractivity contribution in [3.8, 4) is 0 Å². The highest BCUT2D eigenvalue weighted by Gasteiger charge is 2.01. The van der Waals surface area contributed by atoms with Gasteiger partial charge in [0.2, 0.25) is 0 Å². The highest BCUT2D eigenvalue weighted by Crippen LogP contribution is 2.00. The molecule has 0 radical (unpaired) electrons. The van der Waals surface area contributed by atoms with E-state index in [0.717, 1.165) is 5.92 Å². The minimum atomic E-state index is 0.703. The van der Waals surface area contributed by atoms with Crippen LogP contribution in [0.5, 0.6) is 0 Å². The van der Waals surface area contributed by atoms with Crippen LogP contribution >= 0.6 is 0 Å². The van der Waals surface area contributed by atoms with Crippen LogP contribution in [0.15, 0.2) is 0 Å². The van der Waals surface area contributed by atoms with Crippen LogP contribution in [0.2, 0.25) is 0 Å². The molecule has 0 saturated carbocycles. The van der Waals surface area contributed by atoms with Gasteiger partial charge in [-0.15, -0.1) is 0 Å². The van der Waals surface area contributed by atoms with Gasteiger partial charge in [0, 0.05) is 6.04 Å². The van der Waals surface area contributed by atoms with E-state index in [4.69, 9.17) is 0 Å². The lowest BCUT2D eigenvalue weighted by atomic mass is 10.1. The van der Waals surface area contributed by atoms with Crippen molar-refractivity contribution >= 4 is 0 Å². The summed E-state index contributed by atoms with van der Waals surface area (Å²) in [4.78, 5) is 0. The Hall–Kier alpha value is -0.0400. The topological polar surface area (TPSA) is 12.0 Å². The third kappa shape index (κ3) is 6.36. The maximum atomic E-state index is 3.53. The SMILES string of the molecule is CCC[C@H](C)NCC(C)CC. The van der Waals surface area contributed by atoms with Crippen molar-refractivity contribution in [1.29, 1.82) is 0 Å². The molecule has 1 N–H and O–H groups in total. The molecular weight excluding hydrogens is 134 g/mol. The summed E-state index contributed by atoms with van der Waals surface area (Å²) in [5, 5.41) is 3.53. The molecule has 68 valence electrons. The molecule has 0 saturated heterocycles. The van der Waals surface area contributed by atoms with Crippen LogP contribution in [0.25, 0.3) is 0 Å². The van der Waals surface area contributed by atoms with E-state index in [1.54, 1.807) is 0 Å². The first-order chi connectivity index (χ1) is 5.20. The molecule has 0 aromatic rings. The fourth-order valence-corrected chi connectivity index (χ4v) is 1.08. The predicted molar refractivity (Wildman–Crippen MR) is 51.8 cm³/mol. The molecule has 0 rings (SSSR count). The van der Waals surface area contributed by atoms with Gasteiger partial charge in [-0.2, -0.15) is 0 Å². The standard InChI is InChI=1S/C10H23N/c1-5-7-10(4)11-8-9(3)6-2/h9-11H,5-8H2,1-4H3/t9?,10-/m0/s1. The van der Waals surface area contributed by atoms with Crippen molar-refractivity contribution in [3.05, 3.63) is 0 Å². The largest absolute Gasteiger partial charge is 0.314 e. The zero-order valence-corrected chi connectivity index (χ0v) is 8.48. The summed E-state index contributed by atoms with van der Waals surface area (Å²) in [6.45, 7) is 10.2. The minimum absolute atomic E-state index is 0.703. The van der Waals surface area contributed by atoms with Crippen LogP contribution in [-0.2, 0) is 0 Å².